The third kappa shape index (κ3) is 7.41. The van der Waals surface area contributed by atoms with E-state index in [2.05, 4.69) is 10.6 Å². The van der Waals surface area contributed by atoms with Gasteiger partial charge in [-0.1, -0.05) is 51.7 Å². The number of benzene rings is 1. The third-order valence-corrected chi connectivity index (χ3v) is 4.71. The van der Waals surface area contributed by atoms with Gasteiger partial charge in [0.25, 0.3) is 11.8 Å². The van der Waals surface area contributed by atoms with Gasteiger partial charge in [0.1, 0.15) is 0 Å². The van der Waals surface area contributed by atoms with Crippen LogP contribution in [0.4, 0.5) is 5.69 Å². The van der Waals surface area contributed by atoms with Gasteiger partial charge in [0, 0.05) is 13.0 Å². The second kappa shape index (κ2) is 10.7. The molecular weight excluding hydrogens is 344 g/mol. The summed E-state index contributed by atoms with van der Waals surface area (Å²) in [4.78, 5) is 36.2. The van der Waals surface area contributed by atoms with Crippen molar-refractivity contribution in [1.29, 1.82) is 0 Å². The lowest BCUT2D eigenvalue weighted by molar-refractivity contribution is -0.147. The number of esters is 1. The third-order valence-electron chi connectivity index (χ3n) is 4.71. The van der Waals surface area contributed by atoms with Gasteiger partial charge < -0.3 is 15.4 Å². The quantitative estimate of drug-likeness (QED) is 0.648. The fraction of sp³-hybridized carbons (Fsp3) is 0.571. The van der Waals surface area contributed by atoms with Gasteiger partial charge in [0.2, 0.25) is 0 Å². The van der Waals surface area contributed by atoms with E-state index < -0.39 is 5.91 Å². The zero-order chi connectivity index (χ0) is 19.6. The maximum atomic E-state index is 12.3. The Morgan fingerprint density at radius 3 is 2.56 bits per heavy atom. The minimum absolute atomic E-state index is 0.242. The maximum Gasteiger partial charge on any atom is 0.306 e. The standard InChI is InChI=1S/C21H30N2O4/c1-15(2)13-22-21(26)17-9-5-6-10-18(17)23-19(24)14-27-20(25)12-11-16-7-3-4-8-16/h5-6,9-10,15-16H,3-4,7-8,11-14H2,1-2H3,(H,22,26)(H,23,24). The number of nitrogens with one attached hydrogen (secondary N) is 2. The molecule has 1 aromatic rings. The molecule has 0 spiro atoms. The van der Waals surface area contributed by atoms with Crippen LogP contribution in [-0.4, -0.2) is 30.9 Å². The summed E-state index contributed by atoms with van der Waals surface area (Å²) in [5, 5.41) is 5.48. The summed E-state index contributed by atoms with van der Waals surface area (Å²) in [6.45, 7) is 4.23. The van der Waals surface area contributed by atoms with Gasteiger partial charge in [-0.05, 0) is 30.4 Å². The van der Waals surface area contributed by atoms with Crippen LogP contribution >= 0.6 is 0 Å². The molecule has 6 nitrogen and oxygen atoms in total. The maximum absolute atomic E-state index is 12.3. The Morgan fingerprint density at radius 2 is 1.85 bits per heavy atom. The molecule has 2 amide bonds. The first-order chi connectivity index (χ1) is 13.0. The Bertz CT molecular complexity index is 651. The van der Waals surface area contributed by atoms with Gasteiger partial charge in [-0.3, -0.25) is 14.4 Å². The molecule has 27 heavy (non-hydrogen) atoms. The number of hydrogen-bond donors (Lipinski definition) is 2. The molecule has 1 saturated carbocycles. The van der Waals surface area contributed by atoms with E-state index in [0.29, 0.717) is 36.1 Å². The summed E-state index contributed by atoms with van der Waals surface area (Å²) in [6, 6.07) is 6.79. The molecule has 1 aromatic carbocycles. The summed E-state index contributed by atoms with van der Waals surface area (Å²) in [7, 11) is 0. The van der Waals surface area contributed by atoms with E-state index in [1.165, 1.54) is 25.7 Å². The number of ether oxygens (including phenoxy) is 1. The normalized spacial score (nSPS) is 14.2. The summed E-state index contributed by atoms with van der Waals surface area (Å²) in [5.41, 5.74) is 0.796. The number of anilines is 1. The highest BCUT2D eigenvalue weighted by Crippen LogP contribution is 2.28. The molecular formula is C21H30N2O4. The predicted octanol–water partition coefficient (Wildman–Crippen LogP) is 3.52. The van der Waals surface area contributed by atoms with Crippen LogP contribution in [0.5, 0.6) is 0 Å². The van der Waals surface area contributed by atoms with Gasteiger partial charge in [0.05, 0.1) is 11.3 Å². The molecule has 0 aromatic heterocycles. The van der Waals surface area contributed by atoms with Gasteiger partial charge in [-0.2, -0.15) is 0 Å². The van der Waals surface area contributed by atoms with E-state index in [1.807, 2.05) is 13.8 Å². The van der Waals surface area contributed by atoms with Crippen molar-refractivity contribution in [3.8, 4) is 0 Å². The number of para-hydroxylation sites is 1. The lowest BCUT2D eigenvalue weighted by Crippen LogP contribution is -2.29. The molecule has 0 unspecified atom stereocenters. The monoisotopic (exact) mass is 374 g/mol. The number of amides is 2. The van der Waals surface area contributed by atoms with E-state index in [-0.39, 0.29) is 18.5 Å². The molecule has 0 atom stereocenters. The average molecular weight is 374 g/mol. The Labute approximate surface area is 161 Å². The minimum atomic E-state index is -0.451. The van der Waals surface area contributed by atoms with Crippen LogP contribution in [0.1, 0.15) is 62.7 Å². The zero-order valence-electron chi connectivity index (χ0n) is 16.3. The van der Waals surface area contributed by atoms with Crippen molar-refractivity contribution >= 4 is 23.5 Å². The van der Waals surface area contributed by atoms with Crippen LogP contribution in [0.25, 0.3) is 0 Å². The van der Waals surface area contributed by atoms with Crippen LogP contribution in [0.15, 0.2) is 24.3 Å². The van der Waals surface area contributed by atoms with Crippen molar-refractivity contribution in [1.82, 2.24) is 5.32 Å². The van der Waals surface area contributed by atoms with Crippen molar-refractivity contribution in [3.05, 3.63) is 29.8 Å². The van der Waals surface area contributed by atoms with E-state index >= 15 is 0 Å². The largest absolute Gasteiger partial charge is 0.456 e. The van der Waals surface area contributed by atoms with Crippen molar-refractivity contribution < 1.29 is 19.1 Å². The average Bonchev–Trinajstić information content (AvgIpc) is 3.17. The van der Waals surface area contributed by atoms with Crippen LogP contribution < -0.4 is 10.6 Å². The van der Waals surface area contributed by atoms with E-state index in [1.54, 1.807) is 24.3 Å². The topological polar surface area (TPSA) is 84.5 Å². The molecule has 0 radical (unpaired) electrons. The molecule has 1 fully saturated rings. The molecule has 0 aliphatic heterocycles. The first-order valence-electron chi connectivity index (χ1n) is 9.78. The van der Waals surface area contributed by atoms with Crippen LogP contribution in [0.2, 0.25) is 0 Å². The van der Waals surface area contributed by atoms with Gasteiger partial charge in [-0.25, -0.2) is 0 Å². The first kappa shape index (κ1) is 20.9. The number of carbonyl (C=O) groups excluding carboxylic acids is 3. The fourth-order valence-electron chi connectivity index (χ4n) is 3.21. The van der Waals surface area contributed by atoms with Crippen molar-refractivity contribution in [2.45, 2.75) is 52.4 Å². The zero-order valence-corrected chi connectivity index (χ0v) is 16.3. The summed E-state index contributed by atoms with van der Waals surface area (Å²) >= 11 is 0. The highest BCUT2D eigenvalue weighted by atomic mass is 16.5. The second-order valence-corrected chi connectivity index (χ2v) is 7.55. The molecule has 1 aliphatic rings. The molecule has 6 heteroatoms. The highest BCUT2D eigenvalue weighted by Gasteiger charge is 2.18. The van der Waals surface area contributed by atoms with Crippen molar-refractivity contribution in [2.75, 3.05) is 18.5 Å². The van der Waals surface area contributed by atoms with E-state index in [9.17, 15) is 14.4 Å². The number of carbonyl (C=O) groups is 3. The molecule has 1 aliphatic carbocycles. The molecule has 148 valence electrons. The van der Waals surface area contributed by atoms with Crippen molar-refractivity contribution in [3.63, 3.8) is 0 Å². The van der Waals surface area contributed by atoms with Gasteiger partial charge >= 0.3 is 5.97 Å². The van der Waals surface area contributed by atoms with Gasteiger partial charge in [0.15, 0.2) is 6.61 Å². The lowest BCUT2D eigenvalue weighted by Gasteiger charge is -2.13. The lowest BCUT2D eigenvalue weighted by atomic mass is 10.0. The van der Waals surface area contributed by atoms with Gasteiger partial charge in [-0.15, -0.1) is 0 Å². The number of rotatable bonds is 9. The fourth-order valence-corrected chi connectivity index (χ4v) is 3.21. The summed E-state index contributed by atoms with van der Waals surface area (Å²) < 4.78 is 5.06. The van der Waals surface area contributed by atoms with Crippen LogP contribution in [-0.2, 0) is 14.3 Å². The molecule has 2 rings (SSSR count). The molecule has 0 heterocycles. The highest BCUT2D eigenvalue weighted by molar-refractivity contribution is 6.04. The second-order valence-electron chi connectivity index (χ2n) is 7.55. The summed E-state index contributed by atoms with van der Waals surface area (Å²) in [5.74, 6) is -0.0940. The molecule has 0 saturated heterocycles. The van der Waals surface area contributed by atoms with Crippen LogP contribution in [0.3, 0.4) is 0 Å². The summed E-state index contributed by atoms with van der Waals surface area (Å²) in [6.07, 6.45) is 6.04. The Morgan fingerprint density at radius 1 is 1.15 bits per heavy atom. The molecule has 2 N–H and O–H groups in total. The Hall–Kier alpha value is -2.37. The number of hydrogen-bond acceptors (Lipinski definition) is 4. The van der Waals surface area contributed by atoms with E-state index in [4.69, 9.17) is 4.74 Å². The minimum Gasteiger partial charge on any atom is -0.456 e. The Kier molecular flexibility index (Phi) is 8.30. The Balaban J connectivity index is 1.79. The smallest absolute Gasteiger partial charge is 0.306 e. The van der Waals surface area contributed by atoms with E-state index in [0.717, 1.165) is 6.42 Å². The van der Waals surface area contributed by atoms with Crippen LogP contribution in [0, 0.1) is 11.8 Å². The predicted molar refractivity (Wildman–Crippen MR) is 104 cm³/mol. The molecule has 0 bridgehead atoms. The first-order valence-corrected chi connectivity index (χ1v) is 9.78. The van der Waals surface area contributed by atoms with Crippen molar-refractivity contribution in [2.24, 2.45) is 11.8 Å². The SMILES string of the molecule is CC(C)CNC(=O)c1ccccc1NC(=O)COC(=O)CCC1CCCC1.